The third-order valence-corrected chi connectivity index (χ3v) is 5.95. The number of benzene rings is 1. The molecule has 0 saturated heterocycles. The first kappa shape index (κ1) is 17.7. The van der Waals surface area contributed by atoms with Gasteiger partial charge in [0.15, 0.2) is 0 Å². The fraction of sp³-hybridized carbons (Fsp3) is 0.538. The summed E-state index contributed by atoms with van der Waals surface area (Å²) >= 11 is 5.87. The van der Waals surface area contributed by atoms with Crippen LogP contribution in [0.2, 0.25) is 5.02 Å². The minimum Gasteiger partial charge on any atom is -0.329 e. The Balaban J connectivity index is 0.00000200. The molecule has 2 N–H and O–H groups in total. The fourth-order valence-electron chi connectivity index (χ4n) is 2.35. The Kier molecular flexibility index (Phi) is 5.87. The fourth-order valence-corrected chi connectivity index (χ4v) is 4.21. The zero-order valence-electron chi connectivity index (χ0n) is 11.5. The van der Waals surface area contributed by atoms with E-state index in [-0.39, 0.29) is 18.4 Å². The predicted octanol–water partition coefficient (Wildman–Crippen LogP) is 2.43. The number of halogens is 2. The highest BCUT2D eigenvalue weighted by Gasteiger charge is 2.38. The van der Waals surface area contributed by atoms with Crippen molar-refractivity contribution in [1.82, 2.24) is 4.31 Å². The van der Waals surface area contributed by atoms with Crippen LogP contribution in [-0.4, -0.2) is 32.4 Å². The molecule has 1 fully saturated rings. The summed E-state index contributed by atoms with van der Waals surface area (Å²) in [5.41, 5.74) is 6.38. The molecular formula is C13H20Cl2N2O2S. The standard InChI is InChI=1S/C13H19ClN2O2S.ClH/c1-9-7-11(14)5-6-13(9)19(17,18)16(2)12(8-15)10-3-4-10;/h5-7,10,12H,3-4,8,15H2,1-2H3;1H. The Morgan fingerprint density at radius 1 is 1.45 bits per heavy atom. The van der Waals surface area contributed by atoms with Crippen LogP contribution in [0.25, 0.3) is 0 Å². The third kappa shape index (κ3) is 3.46. The molecule has 0 aliphatic heterocycles. The van der Waals surface area contributed by atoms with Gasteiger partial charge in [-0.2, -0.15) is 4.31 Å². The van der Waals surface area contributed by atoms with Gasteiger partial charge in [-0.15, -0.1) is 12.4 Å². The van der Waals surface area contributed by atoms with Crippen LogP contribution in [-0.2, 0) is 10.0 Å². The first-order valence-corrected chi connectivity index (χ1v) is 8.14. The number of hydrogen-bond donors (Lipinski definition) is 1. The molecule has 1 aromatic carbocycles. The first-order valence-electron chi connectivity index (χ1n) is 6.32. The molecule has 0 amide bonds. The topological polar surface area (TPSA) is 63.4 Å². The molecule has 0 spiro atoms. The molecule has 20 heavy (non-hydrogen) atoms. The molecule has 0 bridgehead atoms. The predicted molar refractivity (Wildman–Crippen MR) is 84.0 cm³/mol. The van der Waals surface area contributed by atoms with E-state index in [0.717, 1.165) is 12.8 Å². The lowest BCUT2D eigenvalue weighted by molar-refractivity contribution is 0.340. The maximum Gasteiger partial charge on any atom is 0.243 e. The van der Waals surface area contributed by atoms with Gasteiger partial charge in [0.05, 0.1) is 4.90 Å². The Morgan fingerprint density at radius 2 is 2.05 bits per heavy atom. The van der Waals surface area contributed by atoms with Crippen molar-refractivity contribution in [2.75, 3.05) is 13.6 Å². The first-order chi connectivity index (χ1) is 8.87. The van der Waals surface area contributed by atoms with Crippen molar-refractivity contribution in [2.45, 2.75) is 30.7 Å². The molecule has 2 rings (SSSR count). The molecule has 4 nitrogen and oxygen atoms in total. The number of aryl methyl sites for hydroxylation is 1. The zero-order valence-corrected chi connectivity index (χ0v) is 13.9. The summed E-state index contributed by atoms with van der Waals surface area (Å²) in [4.78, 5) is 0.304. The Morgan fingerprint density at radius 3 is 2.50 bits per heavy atom. The van der Waals surface area contributed by atoms with Crippen molar-refractivity contribution in [3.8, 4) is 0 Å². The maximum absolute atomic E-state index is 12.6. The van der Waals surface area contributed by atoms with Crippen molar-refractivity contribution in [1.29, 1.82) is 0 Å². The molecule has 1 aliphatic rings. The quantitative estimate of drug-likeness (QED) is 0.896. The van der Waals surface area contributed by atoms with E-state index >= 15 is 0 Å². The average molecular weight is 339 g/mol. The van der Waals surface area contributed by atoms with Gasteiger partial charge in [0.1, 0.15) is 0 Å². The van der Waals surface area contributed by atoms with Gasteiger partial charge in [0.25, 0.3) is 0 Å². The molecule has 0 heterocycles. The molecule has 1 unspecified atom stereocenters. The molecule has 1 saturated carbocycles. The lowest BCUT2D eigenvalue weighted by Gasteiger charge is -2.27. The van der Waals surface area contributed by atoms with Crippen molar-refractivity contribution in [3.63, 3.8) is 0 Å². The maximum atomic E-state index is 12.6. The number of hydrogen-bond acceptors (Lipinski definition) is 3. The molecule has 1 atom stereocenters. The van der Waals surface area contributed by atoms with Crippen LogP contribution in [0.1, 0.15) is 18.4 Å². The highest BCUT2D eigenvalue weighted by atomic mass is 35.5. The van der Waals surface area contributed by atoms with Crippen molar-refractivity contribution < 1.29 is 8.42 Å². The van der Waals surface area contributed by atoms with Gasteiger partial charge in [-0.1, -0.05) is 11.6 Å². The zero-order chi connectivity index (χ0) is 14.2. The molecule has 114 valence electrons. The second-order valence-electron chi connectivity index (χ2n) is 5.07. The second kappa shape index (κ2) is 6.62. The van der Waals surface area contributed by atoms with E-state index in [9.17, 15) is 8.42 Å². The van der Waals surface area contributed by atoms with Gasteiger partial charge in [0.2, 0.25) is 10.0 Å². The number of nitrogens with two attached hydrogens (primary N) is 1. The highest BCUT2D eigenvalue weighted by molar-refractivity contribution is 7.89. The van der Waals surface area contributed by atoms with Gasteiger partial charge in [0, 0.05) is 24.7 Å². The molecular weight excluding hydrogens is 319 g/mol. The number of rotatable bonds is 5. The highest BCUT2D eigenvalue weighted by Crippen LogP contribution is 2.36. The van der Waals surface area contributed by atoms with E-state index in [1.165, 1.54) is 4.31 Å². The van der Waals surface area contributed by atoms with Crippen LogP contribution >= 0.6 is 24.0 Å². The lowest BCUT2D eigenvalue weighted by atomic mass is 10.2. The minimum absolute atomic E-state index is 0. The van der Waals surface area contributed by atoms with E-state index < -0.39 is 10.0 Å². The van der Waals surface area contributed by atoms with Crippen LogP contribution in [0.5, 0.6) is 0 Å². The summed E-state index contributed by atoms with van der Waals surface area (Å²) in [5, 5.41) is 0.539. The van der Waals surface area contributed by atoms with Crippen LogP contribution in [0, 0.1) is 12.8 Å². The Labute approximate surface area is 131 Å². The minimum atomic E-state index is -3.51. The van der Waals surface area contributed by atoms with Crippen LogP contribution in [0.15, 0.2) is 23.1 Å². The smallest absolute Gasteiger partial charge is 0.243 e. The van der Waals surface area contributed by atoms with Gasteiger partial charge in [-0.3, -0.25) is 0 Å². The van der Waals surface area contributed by atoms with Crippen LogP contribution in [0.4, 0.5) is 0 Å². The molecule has 0 aromatic heterocycles. The molecule has 0 radical (unpaired) electrons. The van der Waals surface area contributed by atoms with Gasteiger partial charge in [-0.05, 0) is 49.4 Å². The largest absolute Gasteiger partial charge is 0.329 e. The van der Waals surface area contributed by atoms with Crippen LogP contribution < -0.4 is 5.73 Å². The molecule has 1 aliphatic carbocycles. The van der Waals surface area contributed by atoms with E-state index in [4.69, 9.17) is 17.3 Å². The van der Waals surface area contributed by atoms with Crippen molar-refractivity contribution in [3.05, 3.63) is 28.8 Å². The Hall–Kier alpha value is -0.330. The van der Waals surface area contributed by atoms with Gasteiger partial charge in [-0.25, -0.2) is 8.42 Å². The summed E-state index contributed by atoms with van der Waals surface area (Å²) in [6, 6.07) is 4.71. The normalized spacial score (nSPS) is 16.9. The third-order valence-electron chi connectivity index (χ3n) is 3.67. The van der Waals surface area contributed by atoms with Crippen molar-refractivity contribution in [2.24, 2.45) is 11.7 Å². The summed E-state index contributed by atoms with van der Waals surface area (Å²) in [7, 11) is -1.90. The number of sulfonamides is 1. The van der Waals surface area contributed by atoms with E-state index in [0.29, 0.717) is 27.9 Å². The summed E-state index contributed by atoms with van der Waals surface area (Å²) in [6.45, 7) is 2.11. The second-order valence-corrected chi connectivity index (χ2v) is 7.47. The SMILES string of the molecule is Cc1cc(Cl)ccc1S(=O)(=O)N(C)C(CN)C1CC1.Cl. The van der Waals surface area contributed by atoms with Crippen molar-refractivity contribution >= 4 is 34.0 Å². The van der Waals surface area contributed by atoms with Gasteiger partial charge >= 0.3 is 0 Å². The molecule has 7 heteroatoms. The monoisotopic (exact) mass is 338 g/mol. The Bertz CT molecular complexity index is 574. The summed E-state index contributed by atoms with van der Waals surface area (Å²) in [6.07, 6.45) is 2.11. The number of nitrogens with zero attached hydrogens (tertiary/aromatic N) is 1. The van der Waals surface area contributed by atoms with Gasteiger partial charge < -0.3 is 5.73 Å². The van der Waals surface area contributed by atoms with E-state index in [1.54, 1.807) is 32.2 Å². The van der Waals surface area contributed by atoms with Crippen LogP contribution in [0.3, 0.4) is 0 Å². The average Bonchev–Trinajstić information content (AvgIpc) is 3.13. The van der Waals surface area contributed by atoms with E-state index in [1.807, 2.05) is 0 Å². The van der Waals surface area contributed by atoms with E-state index in [2.05, 4.69) is 0 Å². The lowest BCUT2D eigenvalue weighted by Crippen LogP contribution is -2.43. The number of likely N-dealkylation sites (N-methyl/N-ethyl adjacent to an activating group) is 1. The summed E-state index contributed by atoms with van der Waals surface area (Å²) < 4.78 is 26.7. The summed E-state index contributed by atoms with van der Waals surface area (Å²) in [5.74, 6) is 0.400. The molecule has 1 aromatic rings.